The number of β-amino-alcohol motifs (C(OH)–C–C–N with tert-alkyl or cyclic N) is 1. The van der Waals surface area contributed by atoms with Crippen LogP contribution in [0.5, 0.6) is 0 Å². The summed E-state index contributed by atoms with van der Waals surface area (Å²) in [6.07, 6.45) is -0.936. The Hall–Kier alpha value is -1.77. The summed E-state index contributed by atoms with van der Waals surface area (Å²) in [5.74, 6) is -0.971. The third-order valence-electron chi connectivity index (χ3n) is 3.43. The molecule has 21 heavy (non-hydrogen) atoms. The first-order chi connectivity index (χ1) is 9.73. The Morgan fingerprint density at radius 1 is 1.29 bits per heavy atom. The molecule has 1 heterocycles. The topological polar surface area (TPSA) is 118 Å². The van der Waals surface area contributed by atoms with Crippen LogP contribution >= 0.6 is 0 Å². The maximum absolute atomic E-state index is 12.5. The molecule has 114 valence electrons. The van der Waals surface area contributed by atoms with Gasteiger partial charge in [0.05, 0.1) is 11.0 Å². The molecule has 0 spiro atoms. The van der Waals surface area contributed by atoms with Crippen molar-refractivity contribution in [2.45, 2.75) is 30.4 Å². The first-order valence-electron chi connectivity index (χ1n) is 6.33. The van der Waals surface area contributed by atoms with Gasteiger partial charge in [0.1, 0.15) is 6.04 Å². The summed E-state index contributed by atoms with van der Waals surface area (Å²) in [6, 6.07) is 4.35. The van der Waals surface area contributed by atoms with Crippen molar-refractivity contribution in [2.75, 3.05) is 6.54 Å². The van der Waals surface area contributed by atoms with Crippen LogP contribution < -0.4 is 5.73 Å². The van der Waals surface area contributed by atoms with Crippen LogP contribution in [0.4, 0.5) is 0 Å². The van der Waals surface area contributed by atoms with Crippen molar-refractivity contribution in [3.8, 4) is 0 Å². The van der Waals surface area contributed by atoms with Gasteiger partial charge in [0.2, 0.25) is 15.9 Å². The predicted molar refractivity (Wildman–Crippen MR) is 73.9 cm³/mol. The van der Waals surface area contributed by atoms with Gasteiger partial charge in [0, 0.05) is 18.5 Å². The Kier molecular flexibility index (Phi) is 4.13. The van der Waals surface area contributed by atoms with Gasteiger partial charge < -0.3 is 10.8 Å². The number of hydrogen-bond acceptors (Lipinski definition) is 5. The number of aliphatic hydroxyl groups is 1. The average Bonchev–Trinajstić information content (AvgIpc) is 2.82. The van der Waals surface area contributed by atoms with Gasteiger partial charge in [0.25, 0.3) is 0 Å². The quantitative estimate of drug-likeness (QED) is 0.727. The Balaban J connectivity index is 2.37. The molecule has 1 saturated heterocycles. The summed E-state index contributed by atoms with van der Waals surface area (Å²) < 4.78 is 25.9. The molecule has 0 aliphatic carbocycles. The number of amides is 1. The van der Waals surface area contributed by atoms with Crippen molar-refractivity contribution in [2.24, 2.45) is 5.73 Å². The number of benzene rings is 1. The summed E-state index contributed by atoms with van der Waals surface area (Å²) in [5, 5.41) is 9.59. The van der Waals surface area contributed by atoms with Gasteiger partial charge in [-0.3, -0.25) is 9.59 Å². The lowest BCUT2D eigenvalue weighted by Crippen LogP contribution is -2.43. The SMILES string of the molecule is CC(=O)c1ccc(S(=O)(=O)N2CC(O)CC2C(N)=O)cc1. The largest absolute Gasteiger partial charge is 0.392 e. The molecular weight excluding hydrogens is 296 g/mol. The van der Waals surface area contributed by atoms with Gasteiger partial charge in [-0.2, -0.15) is 4.31 Å². The summed E-state index contributed by atoms with van der Waals surface area (Å²) >= 11 is 0. The number of aliphatic hydroxyl groups excluding tert-OH is 1. The maximum Gasteiger partial charge on any atom is 0.243 e. The van der Waals surface area contributed by atoms with Crippen molar-refractivity contribution in [3.63, 3.8) is 0 Å². The molecule has 1 aliphatic rings. The number of nitrogens with two attached hydrogens (primary N) is 1. The van der Waals surface area contributed by atoms with Gasteiger partial charge in [0.15, 0.2) is 5.78 Å². The minimum atomic E-state index is -3.95. The summed E-state index contributed by atoms with van der Waals surface area (Å²) in [4.78, 5) is 22.5. The first kappa shape index (κ1) is 15.6. The molecule has 1 aromatic carbocycles. The van der Waals surface area contributed by atoms with Gasteiger partial charge >= 0.3 is 0 Å². The lowest BCUT2D eigenvalue weighted by atomic mass is 10.2. The van der Waals surface area contributed by atoms with Gasteiger partial charge in [-0.05, 0) is 19.1 Å². The van der Waals surface area contributed by atoms with Crippen molar-refractivity contribution in [3.05, 3.63) is 29.8 Å². The molecule has 0 radical (unpaired) electrons. The highest BCUT2D eigenvalue weighted by molar-refractivity contribution is 7.89. The lowest BCUT2D eigenvalue weighted by molar-refractivity contribution is -0.121. The van der Waals surface area contributed by atoms with Crippen LogP contribution in [0.1, 0.15) is 23.7 Å². The van der Waals surface area contributed by atoms with Crippen LogP contribution in [0.3, 0.4) is 0 Å². The van der Waals surface area contributed by atoms with Crippen molar-refractivity contribution in [1.82, 2.24) is 4.31 Å². The smallest absolute Gasteiger partial charge is 0.243 e. The highest BCUT2D eigenvalue weighted by Gasteiger charge is 2.42. The molecule has 1 aliphatic heterocycles. The second kappa shape index (κ2) is 5.55. The van der Waals surface area contributed by atoms with E-state index in [0.29, 0.717) is 5.56 Å². The summed E-state index contributed by atoms with van der Waals surface area (Å²) in [5.41, 5.74) is 5.58. The molecule has 2 rings (SSSR count). The van der Waals surface area contributed by atoms with E-state index < -0.39 is 28.1 Å². The van der Waals surface area contributed by atoms with E-state index in [1.807, 2.05) is 0 Å². The second-order valence-electron chi connectivity index (χ2n) is 4.96. The highest BCUT2D eigenvalue weighted by Crippen LogP contribution is 2.26. The zero-order valence-corrected chi connectivity index (χ0v) is 12.2. The molecule has 7 nitrogen and oxygen atoms in total. The Labute approximate surface area is 122 Å². The molecule has 3 N–H and O–H groups in total. The van der Waals surface area contributed by atoms with Gasteiger partial charge in [-0.15, -0.1) is 0 Å². The Bertz CT molecular complexity index is 668. The molecule has 1 amide bonds. The van der Waals surface area contributed by atoms with Crippen LogP contribution in [0.25, 0.3) is 0 Å². The number of sulfonamides is 1. The van der Waals surface area contributed by atoms with E-state index in [2.05, 4.69) is 0 Å². The zero-order chi connectivity index (χ0) is 15.8. The third kappa shape index (κ3) is 2.97. The normalized spacial score (nSPS) is 23.1. The number of primary amides is 1. The number of ketones is 1. The van der Waals surface area contributed by atoms with E-state index >= 15 is 0 Å². The van der Waals surface area contributed by atoms with Crippen molar-refractivity contribution in [1.29, 1.82) is 0 Å². The van der Waals surface area contributed by atoms with Crippen LogP contribution in [-0.2, 0) is 14.8 Å². The van der Waals surface area contributed by atoms with Crippen LogP contribution in [0.15, 0.2) is 29.2 Å². The molecule has 0 aromatic heterocycles. The van der Waals surface area contributed by atoms with E-state index in [4.69, 9.17) is 5.73 Å². The van der Waals surface area contributed by atoms with E-state index in [-0.39, 0.29) is 23.6 Å². The van der Waals surface area contributed by atoms with E-state index in [1.54, 1.807) is 0 Å². The number of hydrogen-bond donors (Lipinski definition) is 2. The van der Waals surface area contributed by atoms with Crippen LogP contribution in [-0.4, -0.2) is 48.2 Å². The number of Topliss-reactive ketones (excluding diaryl/α,β-unsaturated/α-hetero) is 1. The fourth-order valence-electron chi connectivity index (χ4n) is 2.31. The standard InChI is InChI=1S/C13H16N2O5S/c1-8(16)9-2-4-11(5-3-9)21(19,20)15-7-10(17)6-12(15)13(14)18/h2-5,10,12,17H,6-7H2,1H3,(H2,14,18). The molecular formula is C13H16N2O5S. The summed E-state index contributed by atoms with van der Waals surface area (Å²) in [6.45, 7) is 1.20. The van der Waals surface area contributed by atoms with E-state index in [9.17, 15) is 23.1 Å². The summed E-state index contributed by atoms with van der Waals surface area (Å²) in [7, 11) is -3.95. The third-order valence-corrected chi connectivity index (χ3v) is 5.32. The predicted octanol–water partition coefficient (Wildman–Crippen LogP) is -0.502. The molecule has 2 atom stereocenters. The van der Waals surface area contributed by atoms with Gasteiger partial charge in [-0.25, -0.2) is 8.42 Å². The Morgan fingerprint density at radius 2 is 1.86 bits per heavy atom. The van der Waals surface area contributed by atoms with Crippen LogP contribution in [0.2, 0.25) is 0 Å². The van der Waals surface area contributed by atoms with Gasteiger partial charge in [-0.1, -0.05) is 12.1 Å². The fourth-order valence-corrected chi connectivity index (χ4v) is 3.95. The lowest BCUT2D eigenvalue weighted by Gasteiger charge is -2.21. The number of carbonyl (C=O) groups excluding carboxylic acids is 2. The van der Waals surface area contributed by atoms with Crippen molar-refractivity contribution >= 4 is 21.7 Å². The van der Waals surface area contributed by atoms with E-state index in [1.165, 1.54) is 31.2 Å². The highest BCUT2D eigenvalue weighted by atomic mass is 32.2. The zero-order valence-electron chi connectivity index (χ0n) is 11.4. The minimum Gasteiger partial charge on any atom is -0.392 e. The first-order valence-corrected chi connectivity index (χ1v) is 7.77. The number of carbonyl (C=O) groups is 2. The van der Waals surface area contributed by atoms with Crippen molar-refractivity contribution < 1.29 is 23.1 Å². The molecule has 1 fully saturated rings. The van der Waals surface area contributed by atoms with Crippen LogP contribution in [0, 0.1) is 0 Å². The minimum absolute atomic E-state index is 0.0138. The number of rotatable bonds is 4. The monoisotopic (exact) mass is 312 g/mol. The molecule has 0 bridgehead atoms. The average molecular weight is 312 g/mol. The molecule has 1 aromatic rings. The Morgan fingerprint density at radius 3 is 2.33 bits per heavy atom. The molecule has 2 unspecified atom stereocenters. The molecule has 0 saturated carbocycles. The second-order valence-corrected chi connectivity index (χ2v) is 6.85. The molecule has 8 heteroatoms. The maximum atomic E-state index is 12.5. The fraction of sp³-hybridized carbons (Fsp3) is 0.385. The number of nitrogens with zero attached hydrogens (tertiary/aromatic N) is 1. The van der Waals surface area contributed by atoms with E-state index in [0.717, 1.165) is 4.31 Å².